The fourth-order valence-corrected chi connectivity index (χ4v) is 1.30. The van der Waals surface area contributed by atoms with Gasteiger partial charge in [0.05, 0.1) is 6.61 Å². The van der Waals surface area contributed by atoms with E-state index < -0.39 is 0 Å². The van der Waals surface area contributed by atoms with Crippen molar-refractivity contribution < 1.29 is 4.74 Å². The van der Waals surface area contributed by atoms with Gasteiger partial charge >= 0.3 is 0 Å². The highest BCUT2D eigenvalue weighted by Crippen LogP contribution is 1.92. The highest BCUT2D eigenvalue weighted by atomic mass is 16.5. The molecule has 14 heavy (non-hydrogen) atoms. The Kier molecular flexibility index (Phi) is 4.35. The Morgan fingerprint density at radius 3 is 3.00 bits per heavy atom. The van der Waals surface area contributed by atoms with Crippen molar-refractivity contribution in [1.29, 1.82) is 0 Å². The minimum absolute atomic E-state index is 0.0370. The Morgan fingerprint density at radius 1 is 1.57 bits per heavy atom. The molecule has 0 bridgehead atoms. The quantitative estimate of drug-likeness (QED) is 0.721. The minimum Gasteiger partial charge on any atom is -0.383 e. The van der Waals surface area contributed by atoms with Crippen molar-refractivity contribution >= 4 is 0 Å². The summed E-state index contributed by atoms with van der Waals surface area (Å²) >= 11 is 0. The zero-order valence-electron chi connectivity index (χ0n) is 8.40. The molecule has 0 saturated carbocycles. The third kappa shape index (κ3) is 2.68. The smallest absolute Gasteiger partial charge is 0.253 e. The first kappa shape index (κ1) is 10.9. The number of ether oxygens (including phenoxy) is 1. The third-order valence-corrected chi connectivity index (χ3v) is 2.05. The molecule has 0 aromatic carbocycles. The molecule has 78 valence electrons. The van der Waals surface area contributed by atoms with Gasteiger partial charge in [0.15, 0.2) is 0 Å². The van der Waals surface area contributed by atoms with E-state index in [0.29, 0.717) is 26.1 Å². The summed E-state index contributed by atoms with van der Waals surface area (Å²) in [5.74, 6) is 0. The molecule has 0 atom stereocenters. The van der Waals surface area contributed by atoms with E-state index in [9.17, 15) is 4.79 Å². The van der Waals surface area contributed by atoms with Crippen molar-refractivity contribution in [3.63, 3.8) is 0 Å². The zero-order valence-corrected chi connectivity index (χ0v) is 8.40. The van der Waals surface area contributed by atoms with Gasteiger partial charge in [0, 0.05) is 25.4 Å². The van der Waals surface area contributed by atoms with Crippen LogP contribution in [-0.2, 0) is 17.7 Å². The number of rotatable bonds is 5. The van der Waals surface area contributed by atoms with Crippen molar-refractivity contribution in [1.82, 2.24) is 4.57 Å². The first-order valence-corrected chi connectivity index (χ1v) is 4.67. The number of hydrogen-bond donors (Lipinski definition) is 1. The molecular weight excluding hydrogens is 180 g/mol. The van der Waals surface area contributed by atoms with E-state index in [1.165, 1.54) is 0 Å². The van der Waals surface area contributed by atoms with Crippen LogP contribution in [-0.4, -0.2) is 24.8 Å². The summed E-state index contributed by atoms with van der Waals surface area (Å²) in [4.78, 5) is 11.7. The second-order valence-electron chi connectivity index (χ2n) is 3.06. The molecule has 0 fully saturated rings. The summed E-state index contributed by atoms with van der Waals surface area (Å²) in [6, 6.07) is 3.68. The zero-order chi connectivity index (χ0) is 10.4. The van der Waals surface area contributed by atoms with Crippen molar-refractivity contribution in [3.05, 3.63) is 34.2 Å². The number of pyridine rings is 1. The van der Waals surface area contributed by atoms with Gasteiger partial charge in [-0.2, -0.15) is 0 Å². The van der Waals surface area contributed by atoms with Crippen LogP contribution in [0.15, 0.2) is 23.1 Å². The number of aromatic nitrogens is 1. The summed E-state index contributed by atoms with van der Waals surface area (Å²) in [7, 11) is 1.62. The molecule has 1 heterocycles. The minimum atomic E-state index is 0.0370. The van der Waals surface area contributed by atoms with Crippen LogP contribution in [0.1, 0.15) is 5.56 Å². The highest BCUT2D eigenvalue weighted by molar-refractivity contribution is 5.10. The SMILES string of the molecule is COCCn1cccc(CCN)c1=O. The summed E-state index contributed by atoms with van der Waals surface area (Å²) in [6.07, 6.45) is 2.40. The van der Waals surface area contributed by atoms with Crippen molar-refractivity contribution in [3.8, 4) is 0 Å². The van der Waals surface area contributed by atoms with Gasteiger partial charge in [0.25, 0.3) is 5.56 Å². The number of nitrogens with zero attached hydrogens (tertiary/aromatic N) is 1. The van der Waals surface area contributed by atoms with Gasteiger partial charge < -0.3 is 15.0 Å². The van der Waals surface area contributed by atoms with Crippen LogP contribution in [0.2, 0.25) is 0 Å². The van der Waals surface area contributed by atoms with Gasteiger partial charge in [0.1, 0.15) is 0 Å². The second-order valence-corrected chi connectivity index (χ2v) is 3.06. The summed E-state index contributed by atoms with van der Waals surface area (Å²) in [5.41, 5.74) is 6.21. The lowest BCUT2D eigenvalue weighted by atomic mass is 10.2. The van der Waals surface area contributed by atoms with Crippen LogP contribution in [0.4, 0.5) is 0 Å². The largest absolute Gasteiger partial charge is 0.383 e. The molecule has 0 saturated heterocycles. The fraction of sp³-hybridized carbons (Fsp3) is 0.500. The average Bonchev–Trinajstić information content (AvgIpc) is 2.20. The Labute approximate surface area is 83.3 Å². The second kappa shape index (κ2) is 5.57. The van der Waals surface area contributed by atoms with Gasteiger partial charge in [-0.15, -0.1) is 0 Å². The molecule has 1 aromatic heterocycles. The number of hydrogen-bond acceptors (Lipinski definition) is 3. The third-order valence-electron chi connectivity index (χ3n) is 2.05. The molecule has 0 aliphatic carbocycles. The van der Waals surface area contributed by atoms with Gasteiger partial charge in [-0.05, 0) is 19.0 Å². The summed E-state index contributed by atoms with van der Waals surface area (Å²) in [5, 5.41) is 0. The first-order valence-electron chi connectivity index (χ1n) is 4.67. The summed E-state index contributed by atoms with van der Waals surface area (Å²) < 4.78 is 6.56. The van der Waals surface area contributed by atoms with Crippen LogP contribution in [0, 0.1) is 0 Å². The van der Waals surface area contributed by atoms with Crippen LogP contribution < -0.4 is 11.3 Å². The molecular formula is C10H16N2O2. The average molecular weight is 196 g/mol. The normalized spacial score (nSPS) is 10.4. The molecule has 0 radical (unpaired) electrons. The van der Waals surface area contributed by atoms with Crippen molar-refractivity contribution in [2.75, 3.05) is 20.3 Å². The lowest BCUT2D eigenvalue weighted by Gasteiger charge is -2.06. The lowest BCUT2D eigenvalue weighted by Crippen LogP contribution is -2.25. The maximum Gasteiger partial charge on any atom is 0.253 e. The summed E-state index contributed by atoms with van der Waals surface area (Å²) in [6.45, 7) is 1.64. The van der Waals surface area contributed by atoms with Crippen LogP contribution in [0.3, 0.4) is 0 Å². The molecule has 0 amide bonds. The standard InChI is InChI=1S/C10H16N2O2/c1-14-8-7-12-6-2-3-9(4-5-11)10(12)13/h2-3,6H,4-5,7-8,11H2,1H3. The van der Waals surface area contributed by atoms with Crippen molar-refractivity contribution in [2.45, 2.75) is 13.0 Å². The van der Waals surface area contributed by atoms with E-state index in [1.54, 1.807) is 17.9 Å². The molecule has 0 unspecified atom stereocenters. The Morgan fingerprint density at radius 2 is 2.36 bits per heavy atom. The monoisotopic (exact) mass is 196 g/mol. The highest BCUT2D eigenvalue weighted by Gasteiger charge is 2.01. The molecule has 0 spiro atoms. The lowest BCUT2D eigenvalue weighted by molar-refractivity contribution is 0.186. The molecule has 1 rings (SSSR count). The van der Waals surface area contributed by atoms with Crippen LogP contribution >= 0.6 is 0 Å². The fourth-order valence-electron chi connectivity index (χ4n) is 1.30. The van der Waals surface area contributed by atoms with E-state index >= 15 is 0 Å². The van der Waals surface area contributed by atoms with E-state index in [1.807, 2.05) is 12.1 Å². The maximum atomic E-state index is 11.7. The van der Waals surface area contributed by atoms with Gasteiger partial charge in [-0.3, -0.25) is 4.79 Å². The number of nitrogens with two attached hydrogens (primary N) is 1. The van der Waals surface area contributed by atoms with E-state index in [4.69, 9.17) is 10.5 Å². The van der Waals surface area contributed by atoms with E-state index in [-0.39, 0.29) is 5.56 Å². The molecule has 1 aromatic rings. The Balaban J connectivity index is 2.84. The topological polar surface area (TPSA) is 57.2 Å². The molecule has 2 N–H and O–H groups in total. The molecule has 4 nitrogen and oxygen atoms in total. The Hall–Kier alpha value is -1.13. The predicted molar refractivity (Wildman–Crippen MR) is 55.3 cm³/mol. The number of methoxy groups -OCH3 is 1. The molecule has 0 aliphatic rings. The van der Waals surface area contributed by atoms with Crippen molar-refractivity contribution in [2.24, 2.45) is 5.73 Å². The van der Waals surface area contributed by atoms with Gasteiger partial charge in [-0.1, -0.05) is 6.07 Å². The predicted octanol–water partition coefficient (Wildman–Crippen LogP) is -0.00410. The first-order chi connectivity index (χ1) is 6.79. The maximum absolute atomic E-state index is 11.7. The molecule has 4 heteroatoms. The Bertz CT molecular complexity index is 333. The van der Waals surface area contributed by atoms with Crippen LogP contribution in [0.25, 0.3) is 0 Å². The van der Waals surface area contributed by atoms with E-state index in [0.717, 1.165) is 5.56 Å². The van der Waals surface area contributed by atoms with E-state index in [2.05, 4.69) is 0 Å². The van der Waals surface area contributed by atoms with Gasteiger partial charge in [-0.25, -0.2) is 0 Å². The molecule has 0 aliphatic heterocycles. The van der Waals surface area contributed by atoms with Crippen LogP contribution in [0.5, 0.6) is 0 Å². The van der Waals surface area contributed by atoms with Gasteiger partial charge in [0.2, 0.25) is 0 Å².